The molecule has 0 atom stereocenters. The molecular formula is C15H10ClNO4. The van der Waals surface area contributed by atoms with Gasteiger partial charge in [-0.05, 0) is 41.5 Å². The number of benzene rings is 2. The number of rotatable bonds is 4. The summed E-state index contributed by atoms with van der Waals surface area (Å²) in [7, 11) is 0. The molecule has 0 heterocycles. The van der Waals surface area contributed by atoms with Crippen molar-refractivity contribution in [1.82, 2.24) is 0 Å². The van der Waals surface area contributed by atoms with Crippen molar-refractivity contribution >= 4 is 34.9 Å². The third kappa shape index (κ3) is 3.67. The van der Waals surface area contributed by atoms with Crippen LogP contribution in [0.2, 0.25) is 5.02 Å². The molecule has 2 aromatic carbocycles. The molecule has 0 aliphatic heterocycles. The maximum atomic E-state index is 11.4. The second-order valence-electron chi connectivity index (χ2n) is 4.22. The number of hydrogen-bond donors (Lipinski definition) is 1. The molecule has 0 aromatic heterocycles. The average Bonchev–Trinajstić information content (AvgIpc) is 2.46. The molecule has 21 heavy (non-hydrogen) atoms. The molecule has 1 N–H and O–H groups in total. The zero-order valence-corrected chi connectivity index (χ0v) is 11.4. The highest BCUT2D eigenvalue weighted by molar-refractivity contribution is 6.30. The summed E-state index contributed by atoms with van der Waals surface area (Å²) in [5, 5.41) is 20.4. The van der Waals surface area contributed by atoms with Crippen LogP contribution in [0.1, 0.15) is 11.1 Å². The minimum Gasteiger partial charge on any atom is -0.478 e. The first-order valence-corrected chi connectivity index (χ1v) is 6.30. The minimum absolute atomic E-state index is 0.0484. The topological polar surface area (TPSA) is 80.4 Å². The van der Waals surface area contributed by atoms with Crippen molar-refractivity contribution in [2.45, 2.75) is 0 Å². The fourth-order valence-corrected chi connectivity index (χ4v) is 1.88. The van der Waals surface area contributed by atoms with E-state index in [0.717, 1.165) is 0 Å². The second-order valence-corrected chi connectivity index (χ2v) is 4.66. The molecule has 5 nitrogen and oxygen atoms in total. The van der Waals surface area contributed by atoms with E-state index in [-0.39, 0.29) is 11.3 Å². The summed E-state index contributed by atoms with van der Waals surface area (Å²) in [4.78, 5) is 21.4. The first-order chi connectivity index (χ1) is 9.97. The van der Waals surface area contributed by atoms with Gasteiger partial charge in [0.2, 0.25) is 0 Å². The van der Waals surface area contributed by atoms with E-state index in [9.17, 15) is 20.0 Å². The predicted octanol–water partition coefficient (Wildman–Crippen LogP) is 3.87. The molecule has 2 aromatic rings. The third-order valence-corrected chi connectivity index (χ3v) is 3.05. The molecule has 0 saturated carbocycles. The van der Waals surface area contributed by atoms with E-state index in [1.807, 2.05) is 0 Å². The lowest BCUT2D eigenvalue weighted by Crippen LogP contribution is -2.00. The van der Waals surface area contributed by atoms with Gasteiger partial charge in [0.25, 0.3) is 5.69 Å². The van der Waals surface area contributed by atoms with Gasteiger partial charge in [0.05, 0.1) is 10.5 Å². The predicted molar refractivity (Wildman–Crippen MR) is 80.1 cm³/mol. The Kier molecular flexibility index (Phi) is 4.35. The van der Waals surface area contributed by atoms with Gasteiger partial charge in [0, 0.05) is 17.2 Å². The summed E-state index contributed by atoms with van der Waals surface area (Å²) in [5.74, 6) is -1.11. The van der Waals surface area contributed by atoms with Crippen molar-refractivity contribution in [3.63, 3.8) is 0 Å². The van der Waals surface area contributed by atoms with Crippen LogP contribution in [0.3, 0.4) is 0 Å². The fourth-order valence-electron chi connectivity index (χ4n) is 1.76. The summed E-state index contributed by atoms with van der Waals surface area (Å²) >= 11 is 5.77. The van der Waals surface area contributed by atoms with Crippen molar-refractivity contribution in [1.29, 1.82) is 0 Å². The first kappa shape index (κ1) is 14.7. The Bertz CT molecular complexity index is 705. The molecule has 0 fully saturated rings. The molecule has 0 bridgehead atoms. The van der Waals surface area contributed by atoms with Gasteiger partial charge in [-0.3, -0.25) is 10.1 Å². The van der Waals surface area contributed by atoms with E-state index in [2.05, 4.69) is 0 Å². The molecular weight excluding hydrogens is 294 g/mol. The lowest BCUT2D eigenvalue weighted by atomic mass is 10.0. The normalized spacial score (nSPS) is 11.2. The van der Waals surface area contributed by atoms with E-state index in [1.165, 1.54) is 30.3 Å². The largest absolute Gasteiger partial charge is 0.478 e. The van der Waals surface area contributed by atoms with E-state index in [0.29, 0.717) is 16.1 Å². The van der Waals surface area contributed by atoms with Gasteiger partial charge in [-0.1, -0.05) is 23.7 Å². The van der Waals surface area contributed by atoms with Crippen LogP contribution >= 0.6 is 11.6 Å². The van der Waals surface area contributed by atoms with Gasteiger partial charge in [0.1, 0.15) is 0 Å². The SMILES string of the molecule is O=C(O)C(=Cc1ccc(Cl)cc1)c1ccc([N+](=O)[O-])cc1. The number of nitro groups is 1. The number of nitrogens with zero attached hydrogens (tertiary/aromatic N) is 1. The van der Waals surface area contributed by atoms with Crippen LogP contribution in [0.25, 0.3) is 11.6 Å². The molecule has 0 radical (unpaired) electrons. The number of carbonyl (C=O) groups is 1. The fraction of sp³-hybridized carbons (Fsp3) is 0. The van der Waals surface area contributed by atoms with Crippen LogP contribution in [0.15, 0.2) is 48.5 Å². The number of hydrogen-bond acceptors (Lipinski definition) is 3. The standard InChI is InChI=1S/C15H10ClNO4/c16-12-5-1-10(2-6-12)9-14(15(18)19)11-3-7-13(8-4-11)17(20)21/h1-9H,(H,18,19). The Morgan fingerprint density at radius 1 is 1.10 bits per heavy atom. The van der Waals surface area contributed by atoms with E-state index in [1.54, 1.807) is 24.3 Å². The zero-order chi connectivity index (χ0) is 15.4. The highest BCUT2D eigenvalue weighted by Gasteiger charge is 2.12. The first-order valence-electron chi connectivity index (χ1n) is 5.93. The summed E-state index contributed by atoms with van der Waals surface area (Å²) in [5.41, 5.74) is 1.03. The molecule has 0 saturated heterocycles. The summed E-state index contributed by atoms with van der Waals surface area (Å²) in [6.45, 7) is 0. The van der Waals surface area contributed by atoms with Crippen LogP contribution in [0, 0.1) is 10.1 Å². The maximum Gasteiger partial charge on any atom is 0.336 e. The van der Waals surface area contributed by atoms with Gasteiger partial charge >= 0.3 is 5.97 Å². The Morgan fingerprint density at radius 3 is 2.14 bits per heavy atom. The van der Waals surface area contributed by atoms with Crippen molar-refractivity contribution in [2.75, 3.05) is 0 Å². The molecule has 0 spiro atoms. The lowest BCUT2D eigenvalue weighted by molar-refractivity contribution is -0.384. The number of nitro benzene ring substituents is 1. The summed E-state index contributed by atoms with van der Waals surface area (Å²) in [6, 6.07) is 12.1. The van der Waals surface area contributed by atoms with Gasteiger partial charge < -0.3 is 5.11 Å². The second kappa shape index (κ2) is 6.19. The van der Waals surface area contributed by atoms with Gasteiger partial charge in [-0.15, -0.1) is 0 Å². The molecule has 6 heteroatoms. The van der Waals surface area contributed by atoms with Crippen molar-refractivity contribution in [2.24, 2.45) is 0 Å². The number of halogens is 1. The Labute approximate surface area is 125 Å². The van der Waals surface area contributed by atoms with E-state index in [4.69, 9.17) is 11.6 Å². The minimum atomic E-state index is -1.11. The monoisotopic (exact) mass is 303 g/mol. The third-order valence-electron chi connectivity index (χ3n) is 2.80. The summed E-state index contributed by atoms with van der Waals surface area (Å²) < 4.78 is 0. The molecule has 0 unspecified atom stereocenters. The van der Waals surface area contributed by atoms with Gasteiger partial charge in [-0.25, -0.2) is 4.79 Å². The van der Waals surface area contributed by atoms with Crippen LogP contribution in [-0.4, -0.2) is 16.0 Å². The Morgan fingerprint density at radius 2 is 1.67 bits per heavy atom. The molecule has 2 rings (SSSR count). The maximum absolute atomic E-state index is 11.4. The van der Waals surface area contributed by atoms with Crippen molar-refractivity contribution in [3.8, 4) is 0 Å². The molecule has 0 amide bonds. The molecule has 106 valence electrons. The van der Waals surface area contributed by atoms with Gasteiger partial charge in [0.15, 0.2) is 0 Å². The van der Waals surface area contributed by atoms with E-state index >= 15 is 0 Å². The number of aliphatic carboxylic acids is 1. The lowest BCUT2D eigenvalue weighted by Gasteiger charge is -2.03. The van der Waals surface area contributed by atoms with Crippen LogP contribution in [0.5, 0.6) is 0 Å². The number of non-ortho nitro benzene ring substituents is 1. The Balaban J connectivity index is 2.41. The smallest absolute Gasteiger partial charge is 0.336 e. The van der Waals surface area contributed by atoms with Crippen LogP contribution < -0.4 is 0 Å². The summed E-state index contributed by atoms with van der Waals surface area (Å²) in [6.07, 6.45) is 1.49. The number of carboxylic acid groups (broad SMARTS) is 1. The average molecular weight is 304 g/mol. The highest BCUT2D eigenvalue weighted by Crippen LogP contribution is 2.22. The van der Waals surface area contributed by atoms with E-state index < -0.39 is 10.9 Å². The quantitative estimate of drug-likeness (QED) is 0.402. The molecule has 0 aliphatic rings. The zero-order valence-electron chi connectivity index (χ0n) is 10.7. The van der Waals surface area contributed by atoms with Crippen LogP contribution in [0.4, 0.5) is 5.69 Å². The molecule has 0 aliphatic carbocycles. The Hall–Kier alpha value is -2.66. The highest BCUT2D eigenvalue weighted by atomic mass is 35.5. The number of carboxylic acids is 1. The van der Waals surface area contributed by atoms with Crippen molar-refractivity contribution < 1.29 is 14.8 Å². The van der Waals surface area contributed by atoms with Crippen LogP contribution in [-0.2, 0) is 4.79 Å². The van der Waals surface area contributed by atoms with Crippen molar-refractivity contribution in [3.05, 3.63) is 74.8 Å². The van der Waals surface area contributed by atoms with Gasteiger partial charge in [-0.2, -0.15) is 0 Å².